The highest BCUT2D eigenvalue weighted by atomic mass is 19.4. The van der Waals surface area contributed by atoms with Crippen LogP contribution in [-0.2, 0) is 6.54 Å². The van der Waals surface area contributed by atoms with E-state index >= 15 is 0 Å². The van der Waals surface area contributed by atoms with Gasteiger partial charge in [-0.25, -0.2) is 4.90 Å². The van der Waals surface area contributed by atoms with E-state index in [0.29, 0.717) is 24.4 Å². The molecule has 2 nitrogen and oxygen atoms in total. The summed E-state index contributed by atoms with van der Waals surface area (Å²) in [6.45, 7) is 1.61. The average Bonchev–Trinajstić information content (AvgIpc) is 2.39. The van der Waals surface area contributed by atoms with Crippen LogP contribution in [0.15, 0.2) is 30.3 Å². The van der Waals surface area contributed by atoms with Gasteiger partial charge in [0.1, 0.15) is 0 Å². The Kier molecular flexibility index (Phi) is 4.82. The Bertz CT molecular complexity index is 378. The Hall–Kier alpha value is -1.07. The molecule has 0 aliphatic carbocycles. The van der Waals surface area contributed by atoms with Crippen molar-refractivity contribution in [2.24, 2.45) is 5.92 Å². The Balaban J connectivity index is 1.74. The highest BCUT2D eigenvalue weighted by Crippen LogP contribution is 2.27. The Morgan fingerprint density at radius 1 is 1.21 bits per heavy atom. The van der Waals surface area contributed by atoms with Crippen LogP contribution in [0.1, 0.15) is 18.4 Å². The first kappa shape index (κ1) is 14.3. The molecule has 1 aliphatic rings. The molecule has 1 aromatic rings. The molecule has 19 heavy (non-hydrogen) atoms. The molecule has 0 unspecified atom stereocenters. The molecule has 1 aliphatic heterocycles. The van der Waals surface area contributed by atoms with Crippen LogP contribution in [0.5, 0.6) is 0 Å². The van der Waals surface area contributed by atoms with Crippen LogP contribution in [0.3, 0.4) is 0 Å². The fraction of sp³-hybridized carbons (Fsp3) is 0.571. The molecule has 1 atom stereocenters. The van der Waals surface area contributed by atoms with Crippen molar-refractivity contribution in [3.8, 4) is 0 Å². The van der Waals surface area contributed by atoms with Gasteiger partial charge in [-0.3, -0.25) is 0 Å². The SMILES string of the molecule is FC(F)(F)N1CCC[C@@H](CNCc2ccccc2)C1. The van der Waals surface area contributed by atoms with Gasteiger partial charge in [-0.15, -0.1) is 0 Å². The number of benzene rings is 1. The van der Waals surface area contributed by atoms with Crippen LogP contribution < -0.4 is 5.32 Å². The zero-order valence-corrected chi connectivity index (χ0v) is 10.8. The third-order valence-electron chi connectivity index (χ3n) is 3.48. The smallest absolute Gasteiger partial charge is 0.312 e. The van der Waals surface area contributed by atoms with E-state index in [1.54, 1.807) is 0 Å². The number of alkyl halides is 3. The zero-order chi connectivity index (χ0) is 13.7. The molecular formula is C14H19F3N2. The van der Waals surface area contributed by atoms with Crippen LogP contribution >= 0.6 is 0 Å². The minimum absolute atomic E-state index is 0.0825. The molecule has 1 N–H and O–H groups in total. The standard InChI is InChI=1S/C14H19F3N2/c15-14(16,17)19-8-4-7-13(11-19)10-18-9-12-5-2-1-3-6-12/h1-3,5-6,13,18H,4,7-11H2/t13-/m0/s1. The van der Waals surface area contributed by atoms with Gasteiger partial charge in [-0.05, 0) is 30.9 Å². The summed E-state index contributed by atoms with van der Waals surface area (Å²) in [6.07, 6.45) is -2.69. The second-order valence-corrected chi connectivity index (χ2v) is 5.04. The summed E-state index contributed by atoms with van der Waals surface area (Å²) in [5, 5.41) is 3.25. The molecule has 0 aromatic heterocycles. The summed E-state index contributed by atoms with van der Waals surface area (Å²) in [6, 6.07) is 9.89. The van der Waals surface area contributed by atoms with Gasteiger partial charge >= 0.3 is 6.30 Å². The molecule has 0 radical (unpaired) electrons. The van der Waals surface area contributed by atoms with Gasteiger partial charge < -0.3 is 5.32 Å². The maximum absolute atomic E-state index is 12.6. The Labute approximate surface area is 111 Å². The number of halogens is 3. The number of nitrogens with zero attached hydrogens (tertiary/aromatic N) is 1. The number of piperidine rings is 1. The molecule has 0 bridgehead atoms. The normalized spacial score (nSPS) is 21.5. The summed E-state index contributed by atoms with van der Waals surface area (Å²) < 4.78 is 37.8. The molecule has 2 rings (SSSR count). The molecule has 1 saturated heterocycles. The second kappa shape index (κ2) is 6.39. The van der Waals surface area contributed by atoms with Crippen molar-refractivity contribution in [3.05, 3.63) is 35.9 Å². The number of nitrogens with one attached hydrogen (secondary N) is 1. The lowest BCUT2D eigenvalue weighted by Crippen LogP contribution is -2.46. The molecule has 1 heterocycles. The number of hydrogen-bond donors (Lipinski definition) is 1. The van der Waals surface area contributed by atoms with E-state index < -0.39 is 6.30 Å². The fourth-order valence-corrected chi connectivity index (χ4v) is 2.48. The van der Waals surface area contributed by atoms with Crippen molar-refractivity contribution in [2.75, 3.05) is 19.6 Å². The molecular weight excluding hydrogens is 253 g/mol. The summed E-state index contributed by atoms with van der Waals surface area (Å²) in [5.41, 5.74) is 1.16. The largest absolute Gasteiger partial charge is 0.459 e. The quantitative estimate of drug-likeness (QED) is 0.848. The van der Waals surface area contributed by atoms with Crippen molar-refractivity contribution in [2.45, 2.75) is 25.7 Å². The monoisotopic (exact) mass is 272 g/mol. The summed E-state index contributed by atoms with van der Waals surface area (Å²) in [7, 11) is 0. The molecule has 106 valence electrons. The summed E-state index contributed by atoms with van der Waals surface area (Å²) in [4.78, 5) is 0.630. The van der Waals surface area contributed by atoms with Crippen LogP contribution in [-0.4, -0.2) is 30.8 Å². The third-order valence-corrected chi connectivity index (χ3v) is 3.48. The maximum Gasteiger partial charge on any atom is 0.459 e. The lowest BCUT2D eigenvalue weighted by atomic mass is 9.98. The minimum Gasteiger partial charge on any atom is -0.312 e. The number of rotatable bonds is 4. The van der Waals surface area contributed by atoms with E-state index in [0.717, 1.165) is 12.0 Å². The van der Waals surface area contributed by atoms with Crippen LogP contribution in [0, 0.1) is 5.92 Å². The van der Waals surface area contributed by atoms with Gasteiger partial charge in [0.2, 0.25) is 0 Å². The van der Waals surface area contributed by atoms with Crippen molar-refractivity contribution >= 4 is 0 Å². The van der Waals surface area contributed by atoms with Gasteiger partial charge in [0.25, 0.3) is 0 Å². The Morgan fingerprint density at radius 2 is 1.95 bits per heavy atom. The minimum atomic E-state index is -4.18. The first-order chi connectivity index (χ1) is 9.05. The number of hydrogen-bond acceptors (Lipinski definition) is 2. The number of likely N-dealkylation sites (tertiary alicyclic amines) is 1. The van der Waals surface area contributed by atoms with E-state index in [-0.39, 0.29) is 19.0 Å². The van der Waals surface area contributed by atoms with Crippen LogP contribution in [0.25, 0.3) is 0 Å². The lowest BCUT2D eigenvalue weighted by molar-refractivity contribution is -0.253. The lowest BCUT2D eigenvalue weighted by Gasteiger charge is -2.33. The molecule has 1 fully saturated rings. The fourth-order valence-electron chi connectivity index (χ4n) is 2.48. The summed E-state index contributed by atoms with van der Waals surface area (Å²) in [5.74, 6) is 0.0825. The molecule has 0 amide bonds. The van der Waals surface area contributed by atoms with Gasteiger partial charge in [0.15, 0.2) is 0 Å². The third kappa shape index (κ3) is 4.51. The van der Waals surface area contributed by atoms with Gasteiger partial charge in [-0.1, -0.05) is 30.3 Å². The molecule has 1 aromatic carbocycles. The highest BCUT2D eigenvalue weighted by molar-refractivity contribution is 5.14. The second-order valence-electron chi connectivity index (χ2n) is 5.04. The van der Waals surface area contributed by atoms with Crippen LogP contribution in [0.2, 0.25) is 0 Å². The molecule has 0 saturated carbocycles. The average molecular weight is 272 g/mol. The topological polar surface area (TPSA) is 15.3 Å². The first-order valence-electron chi connectivity index (χ1n) is 6.62. The van der Waals surface area contributed by atoms with Crippen molar-refractivity contribution in [1.29, 1.82) is 0 Å². The van der Waals surface area contributed by atoms with E-state index in [1.807, 2.05) is 30.3 Å². The van der Waals surface area contributed by atoms with Gasteiger partial charge in [0.05, 0.1) is 0 Å². The molecule has 0 spiro atoms. The van der Waals surface area contributed by atoms with Crippen molar-refractivity contribution in [3.63, 3.8) is 0 Å². The highest BCUT2D eigenvalue weighted by Gasteiger charge is 2.39. The molecule has 5 heteroatoms. The zero-order valence-electron chi connectivity index (χ0n) is 10.8. The van der Waals surface area contributed by atoms with Gasteiger partial charge in [-0.2, -0.15) is 13.2 Å². The van der Waals surface area contributed by atoms with Crippen LogP contribution in [0.4, 0.5) is 13.2 Å². The summed E-state index contributed by atoms with van der Waals surface area (Å²) >= 11 is 0. The predicted molar refractivity (Wildman–Crippen MR) is 68.5 cm³/mol. The van der Waals surface area contributed by atoms with Crippen molar-refractivity contribution < 1.29 is 13.2 Å². The first-order valence-corrected chi connectivity index (χ1v) is 6.62. The van der Waals surface area contributed by atoms with E-state index in [4.69, 9.17) is 0 Å². The Morgan fingerprint density at radius 3 is 2.63 bits per heavy atom. The maximum atomic E-state index is 12.6. The van der Waals surface area contributed by atoms with Gasteiger partial charge in [0, 0.05) is 19.6 Å². The van der Waals surface area contributed by atoms with Crippen molar-refractivity contribution in [1.82, 2.24) is 10.2 Å². The van der Waals surface area contributed by atoms with E-state index in [1.165, 1.54) is 0 Å². The van der Waals surface area contributed by atoms with E-state index in [2.05, 4.69) is 5.32 Å². The predicted octanol–water partition coefficient (Wildman–Crippen LogP) is 3.01. The van der Waals surface area contributed by atoms with E-state index in [9.17, 15) is 13.2 Å².